The van der Waals surface area contributed by atoms with Gasteiger partial charge in [0.25, 0.3) is 0 Å². The summed E-state index contributed by atoms with van der Waals surface area (Å²) in [6.45, 7) is 4.16. The highest BCUT2D eigenvalue weighted by molar-refractivity contribution is 5.87. The maximum atomic E-state index is 12.9. The van der Waals surface area contributed by atoms with E-state index in [4.69, 9.17) is 4.74 Å². The second kappa shape index (κ2) is 8.47. The third-order valence-corrected chi connectivity index (χ3v) is 5.92. The van der Waals surface area contributed by atoms with Crippen LogP contribution in [0.2, 0.25) is 0 Å². The summed E-state index contributed by atoms with van der Waals surface area (Å²) in [5.41, 5.74) is -1.04. The van der Waals surface area contributed by atoms with E-state index >= 15 is 0 Å². The van der Waals surface area contributed by atoms with Gasteiger partial charge in [0.15, 0.2) is 0 Å². The monoisotopic (exact) mass is 353 g/mol. The number of hydrogen-bond donors (Lipinski definition) is 3. The molecule has 0 aromatic carbocycles. The average molecular weight is 353 g/mol. The van der Waals surface area contributed by atoms with E-state index in [0.717, 1.165) is 38.6 Å². The molecule has 7 heteroatoms. The van der Waals surface area contributed by atoms with E-state index in [0.29, 0.717) is 45.6 Å². The molecule has 1 amide bonds. The van der Waals surface area contributed by atoms with E-state index in [1.807, 2.05) is 0 Å². The fraction of sp³-hybridized carbons (Fsp3) is 0.889. The summed E-state index contributed by atoms with van der Waals surface area (Å²) in [6.07, 6.45) is 5.47. The van der Waals surface area contributed by atoms with Crippen LogP contribution in [0.25, 0.3) is 0 Å². The molecule has 3 aliphatic rings. The van der Waals surface area contributed by atoms with Crippen LogP contribution in [0.15, 0.2) is 0 Å². The van der Waals surface area contributed by atoms with Crippen molar-refractivity contribution in [3.05, 3.63) is 0 Å². The Balaban J connectivity index is 1.70. The maximum Gasteiger partial charge on any atom is 0.417 e. The number of piperidine rings is 1. The Morgan fingerprint density at radius 3 is 2.40 bits per heavy atom. The molecule has 2 aliphatic heterocycles. The van der Waals surface area contributed by atoms with Crippen LogP contribution in [-0.2, 0) is 9.53 Å². The predicted octanol–water partition coefficient (Wildman–Crippen LogP) is 0.866. The normalized spacial score (nSPS) is 28.2. The van der Waals surface area contributed by atoms with E-state index < -0.39 is 23.6 Å². The summed E-state index contributed by atoms with van der Waals surface area (Å²) in [6, 6.07) is 0. The Morgan fingerprint density at radius 2 is 1.76 bits per heavy atom. The Hall–Kier alpha value is -1.18. The molecule has 7 nitrogen and oxygen atoms in total. The number of ether oxygens (including phenoxy) is 1. The Morgan fingerprint density at radius 1 is 1.04 bits per heavy atom. The number of piperazine rings is 1. The lowest BCUT2D eigenvalue weighted by Crippen LogP contribution is -2.53. The first kappa shape index (κ1) is 18.6. The summed E-state index contributed by atoms with van der Waals surface area (Å²) >= 11 is 0. The van der Waals surface area contributed by atoms with Gasteiger partial charge < -0.3 is 25.4 Å². The average Bonchev–Trinajstić information content (AvgIpc) is 2.64. The molecular formula is C18H31N3O4. The minimum absolute atomic E-state index is 0.0279. The number of esters is 1. The number of hydrogen-bond acceptors (Lipinski definition) is 6. The molecule has 0 radical (unpaired) electrons. The molecule has 2 heterocycles. The van der Waals surface area contributed by atoms with Gasteiger partial charge >= 0.3 is 12.1 Å². The topological polar surface area (TPSA) is 90.9 Å². The zero-order valence-corrected chi connectivity index (χ0v) is 15.0. The zero-order valence-electron chi connectivity index (χ0n) is 15.0. The van der Waals surface area contributed by atoms with Crippen LogP contribution in [0, 0.1) is 11.8 Å². The SMILES string of the molecule is O=C(OC(=O)N1CCNCC1)C(C1CCCNC1)C1(O)CCCCC1. The number of nitrogens with one attached hydrogen (secondary N) is 2. The molecule has 0 aromatic rings. The second-order valence-electron chi connectivity index (χ2n) is 7.67. The van der Waals surface area contributed by atoms with E-state index in [2.05, 4.69) is 10.6 Å². The number of carbonyl (C=O) groups excluding carboxylic acids is 2. The van der Waals surface area contributed by atoms with Crippen molar-refractivity contribution in [3.63, 3.8) is 0 Å². The minimum atomic E-state index is -1.04. The summed E-state index contributed by atoms with van der Waals surface area (Å²) in [4.78, 5) is 26.8. The van der Waals surface area contributed by atoms with Gasteiger partial charge in [-0.05, 0) is 44.7 Å². The van der Waals surface area contributed by atoms with Crippen molar-refractivity contribution in [2.24, 2.45) is 11.8 Å². The van der Waals surface area contributed by atoms with Gasteiger partial charge in [0.1, 0.15) is 0 Å². The standard InChI is InChI=1S/C18H31N3O4/c22-16(25-17(23)21-11-9-19-10-12-21)15(14-5-4-8-20-13-14)18(24)6-2-1-3-7-18/h14-15,19-20,24H,1-13H2. The largest absolute Gasteiger partial charge is 0.417 e. The molecule has 3 fully saturated rings. The summed E-state index contributed by atoms with van der Waals surface area (Å²) in [7, 11) is 0. The van der Waals surface area contributed by atoms with Crippen LogP contribution in [0.1, 0.15) is 44.9 Å². The summed E-state index contributed by atoms with van der Waals surface area (Å²) in [5, 5.41) is 17.7. The van der Waals surface area contributed by atoms with Crippen molar-refractivity contribution in [2.75, 3.05) is 39.3 Å². The highest BCUT2D eigenvalue weighted by Gasteiger charge is 2.48. The van der Waals surface area contributed by atoms with Crippen molar-refractivity contribution in [3.8, 4) is 0 Å². The molecule has 2 atom stereocenters. The van der Waals surface area contributed by atoms with Crippen molar-refractivity contribution < 1.29 is 19.4 Å². The second-order valence-corrected chi connectivity index (χ2v) is 7.67. The Labute approximate surface area is 149 Å². The van der Waals surface area contributed by atoms with Gasteiger partial charge in [0.2, 0.25) is 0 Å². The molecule has 1 saturated carbocycles. The molecule has 0 aromatic heterocycles. The number of aliphatic hydroxyl groups is 1. The number of nitrogens with zero attached hydrogens (tertiary/aromatic N) is 1. The van der Waals surface area contributed by atoms with E-state index in [-0.39, 0.29) is 5.92 Å². The molecule has 0 spiro atoms. The van der Waals surface area contributed by atoms with Crippen LogP contribution in [0.4, 0.5) is 4.79 Å². The Bertz CT molecular complexity index is 467. The van der Waals surface area contributed by atoms with Gasteiger partial charge in [-0.15, -0.1) is 0 Å². The Kier molecular flexibility index (Phi) is 6.30. The first-order valence-electron chi connectivity index (χ1n) is 9.74. The smallest absolute Gasteiger partial charge is 0.389 e. The summed E-state index contributed by atoms with van der Waals surface area (Å²) in [5.74, 6) is -1.13. The predicted molar refractivity (Wildman–Crippen MR) is 93.0 cm³/mol. The van der Waals surface area contributed by atoms with Crippen molar-refractivity contribution >= 4 is 12.1 Å². The van der Waals surface area contributed by atoms with Gasteiger partial charge in [-0.25, -0.2) is 4.79 Å². The lowest BCUT2D eigenvalue weighted by molar-refractivity contribution is -0.161. The number of amides is 1. The van der Waals surface area contributed by atoms with Crippen LogP contribution >= 0.6 is 0 Å². The molecule has 2 unspecified atom stereocenters. The lowest BCUT2D eigenvalue weighted by atomic mass is 9.68. The van der Waals surface area contributed by atoms with Crippen molar-refractivity contribution in [1.29, 1.82) is 0 Å². The van der Waals surface area contributed by atoms with Gasteiger partial charge in [-0.3, -0.25) is 4.79 Å². The van der Waals surface area contributed by atoms with Crippen molar-refractivity contribution in [1.82, 2.24) is 15.5 Å². The first-order chi connectivity index (χ1) is 12.1. The molecule has 2 saturated heterocycles. The lowest BCUT2D eigenvalue weighted by Gasteiger charge is -2.42. The first-order valence-corrected chi connectivity index (χ1v) is 9.74. The van der Waals surface area contributed by atoms with Gasteiger partial charge in [0.05, 0.1) is 11.5 Å². The highest BCUT2D eigenvalue weighted by atomic mass is 16.6. The van der Waals surface area contributed by atoms with Crippen LogP contribution in [0.5, 0.6) is 0 Å². The molecular weight excluding hydrogens is 322 g/mol. The fourth-order valence-electron chi connectivity index (χ4n) is 4.55. The van der Waals surface area contributed by atoms with E-state index in [1.54, 1.807) is 4.90 Å². The summed E-state index contributed by atoms with van der Waals surface area (Å²) < 4.78 is 5.26. The maximum absolute atomic E-state index is 12.9. The minimum Gasteiger partial charge on any atom is -0.389 e. The van der Waals surface area contributed by atoms with E-state index in [1.165, 1.54) is 0 Å². The molecule has 25 heavy (non-hydrogen) atoms. The molecule has 3 N–H and O–H groups in total. The van der Waals surface area contributed by atoms with Crippen LogP contribution in [-0.4, -0.2) is 66.9 Å². The molecule has 1 aliphatic carbocycles. The van der Waals surface area contributed by atoms with Crippen LogP contribution in [0.3, 0.4) is 0 Å². The van der Waals surface area contributed by atoms with Gasteiger partial charge in [0, 0.05) is 26.2 Å². The van der Waals surface area contributed by atoms with Crippen LogP contribution < -0.4 is 10.6 Å². The zero-order chi connectivity index (χ0) is 17.7. The molecule has 0 bridgehead atoms. The van der Waals surface area contributed by atoms with Crippen molar-refractivity contribution in [2.45, 2.75) is 50.5 Å². The highest BCUT2D eigenvalue weighted by Crippen LogP contribution is 2.40. The van der Waals surface area contributed by atoms with Gasteiger partial charge in [-0.2, -0.15) is 0 Å². The number of rotatable bonds is 3. The molecule has 142 valence electrons. The van der Waals surface area contributed by atoms with Gasteiger partial charge in [-0.1, -0.05) is 19.3 Å². The quantitative estimate of drug-likeness (QED) is 0.515. The molecule has 3 rings (SSSR count). The fourth-order valence-corrected chi connectivity index (χ4v) is 4.55. The third-order valence-electron chi connectivity index (χ3n) is 5.92. The van der Waals surface area contributed by atoms with E-state index in [9.17, 15) is 14.7 Å². The third kappa shape index (κ3) is 4.51. The number of carbonyl (C=O) groups is 2.